The van der Waals surface area contributed by atoms with E-state index in [0.717, 1.165) is 24.2 Å². The summed E-state index contributed by atoms with van der Waals surface area (Å²) in [7, 11) is 0. The van der Waals surface area contributed by atoms with Crippen molar-refractivity contribution in [1.82, 2.24) is 9.97 Å². The van der Waals surface area contributed by atoms with Crippen LogP contribution in [0.15, 0.2) is 12.4 Å². The Hall–Kier alpha value is -0.960. The van der Waals surface area contributed by atoms with E-state index in [-0.39, 0.29) is 6.04 Å². The van der Waals surface area contributed by atoms with Crippen LogP contribution in [0.25, 0.3) is 0 Å². The Morgan fingerprint density at radius 3 is 2.64 bits per heavy atom. The standard InChI is InChI=1S/C11H19N3/c1-4-5-10-6-11(14-7-13-10)8(2)9(3)12/h6-9H,4-5,12H2,1-3H3. The third kappa shape index (κ3) is 2.77. The van der Waals surface area contributed by atoms with Crippen LogP contribution >= 0.6 is 0 Å². The van der Waals surface area contributed by atoms with Crippen LogP contribution in [0.4, 0.5) is 0 Å². The lowest BCUT2D eigenvalue weighted by Crippen LogP contribution is -2.23. The van der Waals surface area contributed by atoms with E-state index >= 15 is 0 Å². The molecule has 0 aromatic carbocycles. The molecule has 1 rings (SSSR count). The third-order valence-corrected chi connectivity index (χ3v) is 2.51. The highest BCUT2D eigenvalue weighted by molar-refractivity contribution is 5.13. The summed E-state index contributed by atoms with van der Waals surface area (Å²) in [5.74, 6) is 0.300. The second-order valence-corrected chi connectivity index (χ2v) is 3.83. The number of aromatic nitrogens is 2. The van der Waals surface area contributed by atoms with Gasteiger partial charge < -0.3 is 5.73 Å². The van der Waals surface area contributed by atoms with Crippen LogP contribution in [0.3, 0.4) is 0 Å². The maximum Gasteiger partial charge on any atom is 0.115 e. The first kappa shape index (κ1) is 11.1. The van der Waals surface area contributed by atoms with Crippen LogP contribution in [0.5, 0.6) is 0 Å². The molecule has 2 N–H and O–H groups in total. The molecule has 0 saturated carbocycles. The Labute approximate surface area is 85.8 Å². The van der Waals surface area contributed by atoms with Gasteiger partial charge in [0.05, 0.1) is 0 Å². The zero-order chi connectivity index (χ0) is 10.6. The summed E-state index contributed by atoms with van der Waals surface area (Å²) in [6, 6.07) is 2.21. The van der Waals surface area contributed by atoms with E-state index in [4.69, 9.17) is 5.73 Å². The summed E-state index contributed by atoms with van der Waals surface area (Å²) in [4.78, 5) is 8.47. The van der Waals surface area contributed by atoms with Gasteiger partial charge in [-0.05, 0) is 19.4 Å². The van der Waals surface area contributed by atoms with Crippen molar-refractivity contribution in [1.29, 1.82) is 0 Å². The van der Waals surface area contributed by atoms with E-state index in [9.17, 15) is 0 Å². The quantitative estimate of drug-likeness (QED) is 0.794. The summed E-state index contributed by atoms with van der Waals surface area (Å²) in [5.41, 5.74) is 8.00. The molecule has 0 aliphatic heterocycles. The van der Waals surface area contributed by atoms with Gasteiger partial charge in [-0.2, -0.15) is 0 Å². The van der Waals surface area contributed by atoms with Gasteiger partial charge in [-0.1, -0.05) is 20.3 Å². The highest BCUT2D eigenvalue weighted by Gasteiger charge is 2.12. The lowest BCUT2D eigenvalue weighted by atomic mass is 9.99. The van der Waals surface area contributed by atoms with Gasteiger partial charge >= 0.3 is 0 Å². The molecule has 0 fully saturated rings. The van der Waals surface area contributed by atoms with Crippen LogP contribution < -0.4 is 5.73 Å². The second kappa shape index (κ2) is 5.05. The molecule has 2 atom stereocenters. The predicted molar refractivity (Wildman–Crippen MR) is 58.1 cm³/mol. The van der Waals surface area contributed by atoms with Crippen molar-refractivity contribution < 1.29 is 0 Å². The summed E-state index contributed by atoms with van der Waals surface area (Å²) >= 11 is 0. The Morgan fingerprint density at radius 1 is 1.36 bits per heavy atom. The Bertz CT molecular complexity index is 284. The van der Waals surface area contributed by atoms with Gasteiger partial charge in [-0.3, -0.25) is 0 Å². The average molecular weight is 193 g/mol. The number of nitrogens with zero attached hydrogens (tertiary/aromatic N) is 2. The number of hydrogen-bond donors (Lipinski definition) is 1. The smallest absolute Gasteiger partial charge is 0.115 e. The molecule has 1 aromatic rings. The molecule has 1 heterocycles. The van der Waals surface area contributed by atoms with Crippen molar-refractivity contribution >= 4 is 0 Å². The first-order valence-electron chi connectivity index (χ1n) is 5.21. The number of nitrogens with two attached hydrogens (primary N) is 1. The van der Waals surface area contributed by atoms with Crippen LogP contribution in [0.1, 0.15) is 44.5 Å². The zero-order valence-corrected chi connectivity index (χ0v) is 9.20. The van der Waals surface area contributed by atoms with Crippen molar-refractivity contribution in [2.45, 2.75) is 45.6 Å². The van der Waals surface area contributed by atoms with Crippen molar-refractivity contribution in [2.75, 3.05) is 0 Å². The molecular formula is C11H19N3. The van der Waals surface area contributed by atoms with Crippen LogP contribution in [0, 0.1) is 0 Å². The van der Waals surface area contributed by atoms with E-state index in [1.54, 1.807) is 6.33 Å². The van der Waals surface area contributed by atoms with Gasteiger partial charge in [0, 0.05) is 23.3 Å². The van der Waals surface area contributed by atoms with E-state index in [1.165, 1.54) is 0 Å². The molecule has 3 nitrogen and oxygen atoms in total. The molecule has 0 spiro atoms. The fraction of sp³-hybridized carbons (Fsp3) is 0.636. The molecule has 0 bridgehead atoms. The van der Waals surface area contributed by atoms with Gasteiger partial charge in [0.2, 0.25) is 0 Å². The molecule has 78 valence electrons. The molecule has 1 aromatic heterocycles. The number of aryl methyl sites for hydroxylation is 1. The Balaban J connectivity index is 2.82. The van der Waals surface area contributed by atoms with Gasteiger partial charge in [-0.15, -0.1) is 0 Å². The molecule has 2 unspecified atom stereocenters. The van der Waals surface area contributed by atoms with Crippen molar-refractivity contribution in [2.24, 2.45) is 5.73 Å². The number of hydrogen-bond acceptors (Lipinski definition) is 3. The van der Waals surface area contributed by atoms with Gasteiger partial charge in [0.25, 0.3) is 0 Å². The van der Waals surface area contributed by atoms with Crippen LogP contribution in [-0.2, 0) is 6.42 Å². The maximum absolute atomic E-state index is 5.83. The topological polar surface area (TPSA) is 51.8 Å². The lowest BCUT2D eigenvalue weighted by Gasteiger charge is -2.14. The average Bonchev–Trinajstić information content (AvgIpc) is 2.17. The highest BCUT2D eigenvalue weighted by Crippen LogP contribution is 2.15. The minimum atomic E-state index is 0.138. The fourth-order valence-corrected chi connectivity index (χ4v) is 1.33. The van der Waals surface area contributed by atoms with E-state index in [0.29, 0.717) is 5.92 Å². The normalized spacial score (nSPS) is 15.1. The van der Waals surface area contributed by atoms with E-state index in [2.05, 4.69) is 29.9 Å². The van der Waals surface area contributed by atoms with Crippen LogP contribution in [0.2, 0.25) is 0 Å². The first-order chi connectivity index (χ1) is 6.65. The van der Waals surface area contributed by atoms with E-state index in [1.807, 2.05) is 6.92 Å². The molecule has 0 saturated heterocycles. The minimum absolute atomic E-state index is 0.138. The highest BCUT2D eigenvalue weighted by atomic mass is 14.8. The van der Waals surface area contributed by atoms with E-state index < -0.39 is 0 Å². The molecule has 0 amide bonds. The molecular weight excluding hydrogens is 174 g/mol. The predicted octanol–water partition coefficient (Wildman–Crippen LogP) is 1.88. The maximum atomic E-state index is 5.83. The molecule has 14 heavy (non-hydrogen) atoms. The van der Waals surface area contributed by atoms with Crippen molar-refractivity contribution in [3.05, 3.63) is 23.8 Å². The summed E-state index contributed by atoms with van der Waals surface area (Å²) in [6.07, 6.45) is 3.77. The monoisotopic (exact) mass is 193 g/mol. The Morgan fingerprint density at radius 2 is 2.07 bits per heavy atom. The lowest BCUT2D eigenvalue weighted by molar-refractivity contribution is 0.595. The van der Waals surface area contributed by atoms with Gasteiger partial charge in [0.15, 0.2) is 0 Å². The first-order valence-corrected chi connectivity index (χ1v) is 5.21. The van der Waals surface area contributed by atoms with Crippen molar-refractivity contribution in [3.8, 4) is 0 Å². The van der Waals surface area contributed by atoms with Gasteiger partial charge in [0.1, 0.15) is 6.33 Å². The summed E-state index contributed by atoms with van der Waals surface area (Å²) in [5, 5.41) is 0. The Kier molecular flexibility index (Phi) is 4.01. The minimum Gasteiger partial charge on any atom is -0.327 e. The molecule has 0 radical (unpaired) electrons. The summed E-state index contributed by atoms with van der Waals surface area (Å²) < 4.78 is 0. The SMILES string of the molecule is CCCc1cc(C(C)C(C)N)ncn1. The fourth-order valence-electron chi connectivity index (χ4n) is 1.33. The van der Waals surface area contributed by atoms with Crippen LogP contribution in [-0.4, -0.2) is 16.0 Å². The molecule has 0 aliphatic rings. The van der Waals surface area contributed by atoms with Gasteiger partial charge in [-0.25, -0.2) is 9.97 Å². The summed E-state index contributed by atoms with van der Waals surface area (Å²) in [6.45, 7) is 6.26. The second-order valence-electron chi connectivity index (χ2n) is 3.83. The third-order valence-electron chi connectivity index (χ3n) is 2.51. The molecule has 3 heteroatoms. The largest absolute Gasteiger partial charge is 0.327 e. The molecule has 0 aliphatic carbocycles. The van der Waals surface area contributed by atoms with Crippen molar-refractivity contribution in [3.63, 3.8) is 0 Å². The zero-order valence-electron chi connectivity index (χ0n) is 9.20. The number of rotatable bonds is 4.